The van der Waals surface area contributed by atoms with Crippen molar-refractivity contribution < 1.29 is 0 Å². The maximum Gasteiger partial charge on any atom is 0.0978 e. The highest BCUT2D eigenvalue weighted by atomic mass is 15.0. The number of nitrogens with one attached hydrogen (secondary N) is 1. The number of benzene rings is 2. The molecular formula is C22H29N3. The molecule has 0 unspecified atom stereocenters. The molecule has 0 saturated heterocycles. The summed E-state index contributed by atoms with van der Waals surface area (Å²) in [5.74, 6) is 0.920. The zero-order valence-electron chi connectivity index (χ0n) is 16.2. The third kappa shape index (κ3) is 5.86. The largest absolute Gasteiger partial charge is 0.344 e. The Morgan fingerprint density at radius 3 is 2.28 bits per heavy atom. The molecule has 3 heteroatoms. The lowest BCUT2D eigenvalue weighted by Crippen LogP contribution is -2.09. The zero-order chi connectivity index (χ0) is 18.4. The Labute approximate surface area is 151 Å². The number of hydrogen-bond acceptors (Lipinski definition) is 2. The summed E-state index contributed by atoms with van der Waals surface area (Å²) in [4.78, 5) is 9.31. The summed E-state index contributed by atoms with van der Waals surface area (Å²) >= 11 is 0. The van der Waals surface area contributed by atoms with E-state index >= 15 is 0 Å². The highest BCUT2D eigenvalue weighted by Crippen LogP contribution is 2.20. The Kier molecular flexibility index (Phi) is 6.51. The highest BCUT2D eigenvalue weighted by molar-refractivity contribution is 5.94. The minimum absolute atomic E-state index is 0.285. The van der Waals surface area contributed by atoms with Gasteiger partial charge in [-0.1, -0.05) is 24.3 Å². The number of amidine groups is 1. The number of anilines is 1. The molecule has 0 heterocycles. The van der Waals surface area contributed by atoms with Crippen molar-refractivity contribution >= 4 is 22.9 Å². The topological polar surface area (TPSA) is 36.8 Å². The van der Waals surface area contributed by atoms with Crippen LogP contribution >= 0.6 is 0 Å². The lowest BCUT2D eigenvalue weighted by molar-refractivity contribution is 0.834. The van der Waals surface area contributed by atoms with Crippen molar-refractivity contribution in [1.82, 2.24) is 0 Å². The van der Waals surface area contributed by atoms with Gasteiger partial charge in [0.15, 0.2) is 0 Å². The summed E-state index contributed by atoms with van der Waals surface area (Å²) in [6, 6.07) is 14.9. The monoisotopic (exact) mass is 335 g/mol. The lowest BCUT2D eigenvalue weighted by atomic mass is 9.98. The summed E-state index contributed by atoms with van der Waals surface area (Å²) in [6.07, 6.45) is 0.879. The van der Waals surface area contributed by atoms with Crippen molar-refractivity contribution in [1.29, 1.82) is 0 Å². The van der Waals surface area contributed by atoms with Gasteiger partial charge in [0.25, 0.3) is 0 Å². The zero-order valence-corrected chi connectivity index (χ0v) is 16.2. The van der Waals surface area contributed by atoms with Crippen molar-refractivity contribution in [3.8, 4) is 0 Å². The SMILES string of the molecule is CC(Cc1c(C)cccc1C)=Nc1cccc(NC(C)=NC(C)C)c1. The van der Waals surface area contributed by atoms with Gasteiger partial charge in [0, 0.05) is 23.9 Å². The molecule has 0 spiro atoms. The van der Waals surface area contributed by atoms with E-state index in [4.69, 9.17) is 4.99 Å². The Balaban J connectivity index is 2.16. The minimum Gasteiger partial charge on any atom is -0.344 e. The van der Waals surface area contributed by atoms with Crippen LogP contribution in [0.2, 0.25) is 0 Å². The first-order valence-electron chi connectivity index (χ1n) is 8.86. The molecular weight excluding hydrogens is 306 g/mol. The van der Waals surface area contributed by atoms with E-state index < -0.39 is 0 Å². The van der Waals surface area contributed by atoms with Gasteiger partial charge in [-0.3, -0.25) is 9.98 Å². The molecule has 0 bridgehead atoms. The van der Waals surface area contributed by atoms with E-state index in [0.717, 1.165) is 29.3 Å². The summed E-state index contributed by atoms with van der Waals surface area (Å²) < 4.78 is 0. The van der Waals surface area contributed by atoms with E-state index in [1.165, 1.54) is 16.7 Å². The minimum atomic E-state index is 0.285. The van der Waals surface area contributed by atoms with Gasteiger partial charge in [0.2, 0.25) is 0 Å². The second-order valence-electron chi connectivity index (χ2n) is 6.88. The summed E-state index contributed by atoms with van der Waals surface area (Å²) in [6.45, 7) is 12.6. The quantitative estimate of drug-likeness (QED) is 0.538. The molecule has 1 N–H and O–H groups in total. The number of aryl methyl sites for hydroxylation is 2. The fraction of sp³-hybridized carbons (Fsp3) is 0.364. The Morgan fingerprint density at radius 2 is 1.64 bits per heavy atom. The van der Waals surface area contributed by atoms with Crippen molar-refractivity contribution in [2.45, 2.75) is 54.0 Å². The molecule has 0 radical (unpaired) electrons. The second kappa shape index (κ2) is 8.61. The average Bonchev–Trinajstić information content (AvgIpc) is 2.50. The molecule has 0 atom stereocenters. The van der Waals surface area contributed by atoms with Crippen LogP contribution in [0.25, 0.3) is 0 Å². The normalized spacial score (nSPS) is 12.6. The van der Waals surface area contributed by atoms with Crippen LogP contribution in [0.5, 0.6) is 0 Å². The molecule has 25 heavy (non-hydrogen) atoms. The van der Waals surface area contributed by atoms with Crippen LogP contribution in [0.15, 0.2) is 52.4 Å². The Hall–Kier alpha value is -2.42. The van der Waals surface area contributed by atoms with Gasteiger partial charge < -0.3 is 5.32 Å². The summed E-state index contributed by atoms with van der Waals surface area (Å²) in [5, 5.41) is 3.34. The van der Waals surface area contributed by atoms with Crippen molar-refractivity contribution in [3.05, 3.63) is 59.2 Å². The van der Waals surface area contributed by atoms with E-state index in [0.29, 0.717) is 0 Å². The van der Waals surface area contributed by atoms with Crippen LogP contribution in [0, 0.1) is 13.8 Å². The highest BCUT2D eigenvalue weighted by Gasteiger charge is 2.04. The first-order chi connectivity index (χ1) is 11.8. The van der Waals surface area contributed by atoms with Gasteiger partial charge >= 0.3 is 0 Å². The third-order valence-electron chi connectivity index (χ3n) is 4.02. The van der Waals surface area contributed by atoms with Crippen molar-refractivity contribution in [2.24, 2.45) is 9.98 Å². The number of hydrogen-bond donors (Lipinski definition) is 1. The van der Waals surface area contributed by atoms with E-state index in [1.54, 1.807) is 0 Å². The molecule has 2 aromatic rings. The van der Waals surface area contributed by atoms with Crippen LogP contribution in [0.3, 0.4) is 0 Å². The van der Waals surface area contributed by atoms with E-state index in [2.05, 4.69) is 69.2 Å². The van der Waals surface area contributed by atoms with E-state index in [1.807, 2.05) is 25.1 Å². The maximum atomic E-state index is 4.80. The van der Waals surface area contributed by atoms with Crippen LogP contribution in [-0.4, -0.2) is 17.6 Å². The fourth-order valence-corrected chi connectivity index (χ4v) is 2.93. The van der Waals surface area contributed by atoms with Crippen LogP contribution in [0.4, 0.5) is 11.4 Å². The van der Waals surface area contributed by atoms with E-state index in [9.17, 15) is 0 Å². The van der Waals surface area contributed by atoms with Gasteiger partial charge in [-0.2, -0.15) is 0 Å². The third-order valence-corrected chi connectivity index (χ3v) is 4.02. The molecule has 3 nitrogen and oxygen atoms in total. The molecule has 0 amide bonds. The first-order valence-corrected chi connectivity index (χ1v) is 8.86. The van der Waals surface area contributed by atoms with E-state index in [-0.39, 0.29) is 6.04 Å². The van der Waals surface area contributed by atoms with Crippen LogP contribution in [0.1, 0.15) is 44.4 Å². The molecule has 0 aromatic heterocycles. The van der Waals surface area contributed by atoms with Crippen LogP contribution < -0.4 is 5.32 Å². The fourth-order valence-electron chi connectivity index (χ4n) is 2.93. The Bertz CT molecular complexity index is 765. The number of rotatable bonds is 5. The number of nitrogens with zero attached hydrogens (tertiary/aromatic N) is 2. The van der Waals surface area contributed by atoms with Gasteiger partial charge in [-0.25, -0.2) is 0 Å². The molecule has 2 rings (SSSR count). The molecule has 0 aliphatic carbocycles. The molecule has 0 aliphatic rings. The molecule has 132 valence electrons. The molecule has 0 fully saturated rings. The van der Waals surface area contributed by atoms with Gasteiger partial charge in [0.05, 0.1) is 11.5 Å². The average molecular weight is 335 g/mol. The second-order valence-corrected chi connectivity index (χ2v) is 6.88. The smallest absolute Gasteiger partial charge is 0.0978 e. The van der Waals surface area contributed by atoms with Crippen molar-refractivity contribution in [2.75, 3.05) is 5.32 Å². The lowest BCUT2D eigenvalue weighted by Gasteiger charge is -2.10. The molecule has 0 aliphatic heterocycles. The molecule has 0 saturated carbocycles. The molecule has 2 aromatic carbocycles. The maximum absolute atomic E-state index is 4.80. The van der Waals surface area contributed by atoms with Gasteiger partial charge in [0.1, 0.15) is 0 Å². The van der Waals surface area contributed by atoms with Crippen LogP contribution in [-0.2, 0) is 6.42 Å². The van der Waals surface area contributed by atoms with Crippen molar-refractivity contribution in [3.63, 3.8) is 0 Å². The summed E-state index contributed by atoms with van der Waals surface area (Å²) in [7, 11) is 0. The standard InChI is InChI=1S/C22H29N3/c1-15(2)23-19(6)25-21-12-8-11-20(14-21)24-18(5)13-22-16(3)9-7-10-17(22)4/h7-12,14-15H,13H2,1-6H3,(H,23,25). The predicted molar refractivity (Wildman–Crippen MR) is 111 cm³/mol. The predicted octanol–water partition coefficient (Wildman–Crippen LogP) is 5.88. The van der Waals surface area contributed by atoms with Gasteiger partial charge in [-0.15, -0.1) is 0 Å². The first kappa shape index (κ1) is 18.9. The number of aliphatic imine (C=N–C) groups is 2. The summed E-state index contributed by atoms with van der Waals surface area (Å²) in [5.41, 5.74) is 7.12. The Morgan fingerprint density at radius 1 is 1.00 bits per heavy atom. The van der Waals surface area contributed by atoms with Gasteiger partial charge in [-0.05, 0) is 76.4 Å².